The van der Waals surface area contributed by atoms with Gasteiger partial charge in [-0.15, -0.1) is 0 Å². The van der Waals surface area contributed by atoms with E-state index < -0.39 is 18.2 Å². The van der Waals surface area contributed by atoms with Gasteiger partial charge < -0.3 is 15.5 Å². The molecule has 1 aromatic rings. The number of aliphatic hydroxyl groups excluding tert-OH is 1. The Morgan fingerprint density at radius 1 is 1.47 bits per heavy atom. The summed E-state index contributed by atoms with van der Waals surface area (Å²) in [5, 5.41) is 20.9. The Bertz CT molecular complexity index is 356. The zero-order valence-electron chi connectivity index (χ0n) is 8.14. The Hall–Kier alpha value is -1.26. The predicted octanol–water partition coefficient (Wildman–Crippen LogP) is 2.03. The van der Waals surface area contributed by atoms with Crippen LogP contribution in [0.5, 0.6) is 0 Å². The van der Waals surface area contributed by atoms with Gasteiger partial charge in [0.05, 0.1) is 6.04 Å². The second-order valence-electron chi connectivity index (χ2n) is 3.20. The van der Waals surface area contributed by atoms with Gasteiger partial charge in [0, 0.05) is 10.6 Å². The van der Waals surface area contributed by atoms with E-state index in [4.69, 9.17) is 16.7 Å². The molecule has 3 N–H and O–H groups in total. The molecule has 0 bridgehead atoms. The van der Waals surface area contributed by atoms with Gasteiger partial charge in [0.15, 0.2) is 0 Å². The monoisotopic (exact) mass is 229 g/mol. The highest BCUT2D eigenvalue weighted by Crippen LogP contribution is 2.24. The zero-order chi connectivity index (χ0) is 11.4. The van der Waals surface area contributed by atoms with Gasteiger partial charge in [-0.2, -0.15) is 0 Å². The molecule has 0 heterocycles. The minimum absolute atomic E-state index is 0.420. The molecule has 15 heavy (non-hydrogen) atoms. The van der Waals surface area contributed by atoms with Crippen molar-refractivity contribution in [2.24, 2.45) is 0 Å². The van der Waals surface area contributed by atoms with Crippen LogP contribution in [0.1, 0.15) is 18.6 Å². The second kappa shape index (κ2) is 5.00. The van der Waals surface area contributed by atoms with Crippen LogP contribution in [0.2, 0.25) is 5.02 Å². The Kier molecular flexibility index (Phi) is 3.94. The molecule has 0 aliphatic heterocycles. The summed E-state index contributed by atoms with van der Waals surface area (Å²) in [6.45, 7) is 1.57. The molecule has 0 aliphatic carbocycles. The number of hydrogen-bond acceptors (Lipinski definition) is 2. The van der Waals surface area contributed by atoms with E-state index in [0.29, 0.717) is 10.6 Å². The van der Waals surface area contributed by atoms with Crippen molar-refractivity contribution in [1.29, 1.82) is 0 Å². The van der Waals surface area contributed by atoms with Gasteiger partial charge >= 0.3 is 6.09 Å². The van der Waals surface area contributed by atoms with Crippen molar-refractivity contribution in [2.75, 3.05) is 0 Å². The number of benzene rings is 1. The van der Waals surface area contributed by atoms with Crippen LogP contribution in [0.15, 0.2) is 24.3 Å². The number of rotatable bonds is 3. The molecule has 0 unspecified atom stereocenters. The molecule has 5 heteroatoms. The summed E-state index contributed by atoms with van der Waals surface area (Å²) in [5.41, 5.74) is 0.514. The van der Waals surface area contributed by atoms with Crippen LogP contribution in [0.25, 0.3) is 0 Å². The summed E-state index contributed by atoms with van der Waals surface area (Å²) in [6, 6.07) is 6.18. The first-order chi connectivity index (χ1) is 7.02. The van der Waals surface area contributed by atoms with E-state index in [1.807, 2.05) is 0 Å². The van der Waals surface area contributed by atoms with Crippen molar-refractivity contribution in [3.63, 3.8) is 0 Å². The normalized spacial score (nSPS) is 14.3. The maximum Gasteiger partial charge on any atom is 0.404 e. The number of hydrogen-bond donors (Lipinski definition) is 3. The maximum absolute atomic E-state index is 10.4. The number of carbonyl (C=O) groups is 1. The first kappa shape index (κ1) is 11.8. The Labute approximate surface area is 92.5 Å². The fourth-order valence-electron chi connectivity index (χ4n) is 1.26. The molecule has 4 nitrogen and oxygen atoms in total. The third kappa shape index (κ3) is 3.11. The zero-order valence-corrected chi connectivity index (χ0v) is 8.90. The van der Waals surface area contributed by atoms with Gasteiger partial charge in [-0.05, 0) is 13.0 Å². The third-order valence-electron chi connectivity index (χ3n) is 2.05. The smallest absolute Gasteiger partial charge is 0.404 e. The molecule has 82 valence electrons. The lowest BCUT2D eigenvalue weighted by atomic mass is 10.0. The molecule has 1 aromatic carbocycles. The highest BCUT2D eigenvalue weighted by molar-refractivity contribution is 6.31. The van der Waals surface area contributed by atoms with Gasteiger partial charge in [-0.1, -0.05) is 29.8 Å². The fourth-order valence-corrected chi connectivity index (χ4v) is 1.51. The standard InChI is InChI=1S/C10H12ClNO3/c1-6(12-10(14)15)9(13)7-4-2-3-5-8(7)11/h2-6,9,12-13H,1H3,(H,14,15)/t6-,9-/m0/s1. The van der Waals surface area contributed by atoms with E-state index in [-0.39, 0.29) is 0 Å². The van der Waals surface area contributed by atoms with E-state index in [1.54, 1.807) is 31.2 Å². The Morgan fingerprint density at radius 3 is 2.60 bits per heavy atom. The van der Waals surface area contributed by atoms with Gasteiger partial charge in [0.2, 0.25) is 0 Å². The van der Waals surface area contributed by atoms with Crippen molar-refractivity contribution in [3.8, 4) is 0 Å². The van der Waals surface area contributed by atoms with E-state index in [0.717, 1.165) is 0 Å². The summed E-state index contributed by atoms with van der Waals surface area (Å²) in [4.78, 5) is 10.4. The molecule has 1 rings (SSSR count). The molecule has 0 saturated heterocycles. The summed E-state index contributed by atoms with van der Waals surface area (Å²) >= 11 is 5.86. The third-order valence-corrected chi connectivity index (χ3v) is 2.39. The average molecular weight is 230 g/mol. The lowest BCUT2D eigenvalue weighted by molar-refractivity contribution is 0.127. The van der Waals surface area contributed by atoms with Crippen molar-refractivity contribution >= 4 is 17.7 Å². The Morgan fingerprint density at radius 2 is 2.07 bits per heavy atom. The predicted molar refractivity (Wildman–Crippen MR) is 57.0 cm³/mol. The lowest BCUT2D eigenvalue weighted by Gasteiger charge is -2.19. The van der Waals surface area contributed by atoms with Crippen LogP contribution in [0.4, 0.5) is 4.79 Å². The van der Waals surface area contributed by atoms with Crippen LogP contribution in [0, 0.1) is 0 Å². The van der Waals surface area contributed by atoms with Gasteiger partial charge in [0.1, 0.15) is 6.10 Å². The van der Waals surface area contributed by atoms with Gasteiger partial charge in [-0.25, -0.2) is 4.79 Å². The van der Waals surface area contributed by atoms with E-state index in [1.165, 1.54) is 0 Å². The SMILES string of the molecule is C[C@H](NC(=O)O)[C@H](O)c1ccccc1Cl. The molecule has 0 fully saturated rings. The van der Waals surface area contributed by atoms with Crippen molar-refractivity contribution in [3.05, 3.63) is 34.9 Å². The van der Waals surface area contributed by atoms with E-state index >= 15 is 0 Å². The van der Waals surface area contributed by atoms with Crippen molar-refractivity contribution < 1.29 is 15.0 Å². The van der Waals surface area contributed by atoms with Crippen LogP contribution in [-0.2, 0) is 0 Å². The summed E-state index contributed by atoms with van der Waals surface area (Å²) < 4.78 is 0. The topological polar surface area (TPSA) is 69.6 Å². The van der Waals surface area contributed by atoms with E-state index in [9.17, 15) is 9.90 Å². The van der Waals surface area contributed by atoms with Crippen LogP contribution >= 0.6 is 11.6 Å². The summed E-state index contributed by atoms with van der Waals surface area (Å²) in [5.74, 6) is 0. The van der Waals surface area contributed by atoms with Crippen molar-refractivity contribution in [2.45, 2.75) is 19.1 Å². The quantitative estimate of drug-likeness (QED) is 0.743. The fraction of sp³-hybridized carbons (Fsp3) is 0.300. The summed E-state index contributed by atoms with van der Waals surface area (Å²) in [6.07, 6.45) is -2.12. The number of halogens is 1. The minimum Gasteiger partial charge on any atom is -0.465 e. The molecular weight excluding hydrogens is 218 g/mol. The first-order valence-corrected chi connectivity index (χ1v) is 4.82. The van der Waals surface area contributed by atoms with Gasteiger partial charge in [-0.3, -0.25) is 0 Å². The number of amides is 1. The molecule has 0 aliphatic rings. The average Bonchev–Trinajstić information content (AvgIpc) is 2.16. The minimum atomic E-state index is -1.17. The maximum atomic E-state index is 10.4. The summed E-state index contributed by atoms with van der Waals surface area (Å²) in [7, 11) is 0. The molecular formula is C10H12ClNO3. The molecule has 0 spiro atoms. The van der Waals surface area contributed by atoms with Gasteiger partial charge in [0.25, 0.3) is 0 Å². The molecule has 0 radical (unpaired) electrons. The highest BCUT2D eigenvalue weighted by Gasteiger charge is 2.19. The largest absolute Gasteiger partial charge is 0.465 e. The molecule has 0 saturated carbocycles. The lowest BCUT2D eigenvalue weighted by Crippen LogP contribution is -2.36. The number of carboxylic acid groups (broad SMARTS) is 1. The van der Waals surface area contributed by atoms with Crippen LogP contribution in [0.3, 0.4) is 0 Å². The first-order valence-electron chi connectivity index (χ1n) is 4.44. The van der Waals surface area contributed by atoms with E-state index in [2.05, 4.69) is 5.32 Å². The van der Waals surface area contributed by atoms with Crippen molar-refractivity contribution in [1.82, 2.24) is 5.32 Å². The highest BCUT2D eigenvalue weighted by atomic mass is 35.5. The van der Waals surface area contributed by atoms with Crippen LogP contribution < -0.4 is 5.32 Å². The molecule has 2 atom stereocenters. The molecule has 1 amide bonds. The second-order valence-corrected chi connectivity index (χ2v) is 3.61. The Balaban J connectivity index is 2.80. The number of nitrogens with one attached hydrogen (secondary N) is 1. The molecule has 0 aromatic heterocycles. The van der Waals surface area contributed by atoms with Crippen LogP contribution in [-0.4, -0.2) is 22.3 Å². The number of aliphatic hydroxyl groups is 1.